The fourth-order valence-corrected chi connectivity index (χ4v) is 0.231. The monoisotopic (exact) mass is 146 g/mol. The average Bonchev–Trinajstić information content (AvgIpc) is 1.69. The molecule has 3 nitrogen and oxygen atoms in total. The van der Waals surface area contributed by atoms with Crippen LogP contribution in [0.3, 0.4) is 0 Å². The molecule has 0 aromatic heterocycles. The van der Waals surface area contributed by atoms with Gasteiger partial charge in [0.2, 0.25) is 0 Å². The average molecular weight is 146 g/mol. The van der Waals surface area contributed by atoms with E-state index in [1.54, 1.807) is 0 Å². The number of hydrogen-bond donors (Lipinski definition) is 2. The van der Waals surface area contributed by atoms with Crippen LogP contribution in [0.4, 0.5) is 0 Å². The Hall–Kier alpha value is 1.14. The molecule has 0 saturated carbocycles. The molecule has 0 aliphatic rings. The third-order valence-electron chi connectivity index (χ3n) is 0.471. The second kappa shape index (κ2) is 11.0. The van der Waals surface area contributed by atoms with Crippen LogP contribution in [0.1, 0.15) is 0 Å². The molecule has 0 saturated heterocycles. The van der Waals surface area contributed by atoms with Gasteiger partial charge in [-0.05, 0) is 0 Å². The van der Waals surface area contributed by atoms with Gasteiger partial charge < -0.3 is 14.9 Å². The van der Waals surface area contributed by atoms with E-state index in [1.165, 1.54) is 0 Å². The maximum absolute atomic E-state index is 8.09. The van der Waals surface area contributed by atoms with Crippen LogP contribution in [0.2, 0.25) is 0 Å². The molecule has 0 bridgehead atoms. The minimum Gasteiger partial charge on any atom is -0.394 e. The van der Waals surface area contributed by atoms with E-state index in [0.717, 1.165) is 0 Å². The van der Waals surface area contributed by atoms with Crippen LogP contribution >= 0.6 is 0 Å². The minimum absolute atomic E-state index is 0. The van der Waals surface area contributed by atoms with Crippen LogP contribution in [-0.2, 0) is 4.74 Å². The number of aliphatic hydroxyl groups excluding tert-OH is 2. The third-order valence-corrected chi connectivity index (χ3v) is 0.471. The Bertz CT molecular complexity index is 30.5. The maximum atomic E-state index is 8.09. The zero-order chi connectivity index (χ0) is 5.54. The van der Waals surface area contributed by atoms with E-state index in [-0.39, 0.29) is 51.0 Å². The van der Waals surface area contributed by atoms with Crippen molar-refractivity contribution in [3.63, 3.8) is 0 Å². The van der Waals surface area contributed by atoms with Crippen molar-refractivity contribution >= 4 is 0 Å². The van der Waals surface area contributed by atoms with Crippen LogP contribution in [0, 0.1) is 37.7 Å². The molecule has 0 aromatic carbocycles. The predicted octanol–water partition coefficient (Wildman–Crippen LogP) is -1.01. The van der Waals surface area contributed by atoms with Gasteiger partial charge in [-0.25, -0.2) is 0 Å². The summed E-state index contributed by atoms with van der Waals surface area (Å²) in [7, 11) is 0. The van der Waals surface area contributed by atoms with E-state index < -0.39 is 0 Å². The summed E-state index contributed by atoms with van der Waals surface area (Å²) >= 11 is 0. The largest absolute Gasteiger partial charge is 0.394 e. The molecule has 2 N–H and O–H groups in total. The first-order valence-electron chi connectivity index (χ1n) is 2.21. The summed E-state index contributed by atoms with van der Waals surface area (Å²) in [5.41, 5.74) is 0. The van der Waals surface area contributed by atoms with Crippen molar-refractivity contribution in [1.82, 2.24) is 0 Å². The van der Waals surface area contributed by atoms with Gasteiger partial charge in [0, 0.05) is 37.7 Å². The summed E-state index contributed by atoms with van der Waals surface area (Å²) < 4.78 is 4.63. The van der Waals surface area contributed by atoms with E-state index >= 15 is 0 Å². The topological polar surface area (TPSA) is 49.7 Å². The van der Waals surface area contributed by atoms with Gasteiger partial charge in [0.25, 0.3) is 0 Å². The molecule has 0 aromatic rings. The van der Waals surface area contributed by atoms with Crippen molar-refractivity contribution in [1.29, 1.82) is 0 Å². The Morgan fingerprint density at radius 3 is 1.62 bits per heavy atom. The predicted molar refractivity (Wildman–Crippen MR) is 25.0 cm³/mol. The Kier molecular flexibility index (Phi) is 16.3. The molecular weight excluding hydrogens is 136 g/mol. The first-order chi connectivity index (χ1) is 3.41. The van der Waals surface area contributed by atoms with E-state index in [4.69, 9.17) is 10.2 Å². The van der Waals surface area contributed by atoms with Crippen LogP contribution in [-0.4, -0.2) is 36.6 Å². The molecule has 8 heavy (non-hydrogen) atoms. The normalized spacial score (nSPS) is 8.25. The summed E-state index contributed by atoms with van der Waals surface area (Å²) in [5, 5.41) is 16.2. The molecule has 0 aliphatic heterocycles. The fraction of sp³-hybridized carbons (Fsp3) is 1.00. The molecule has 0 amide bonds. The van der Waals surface area contributed by atoms with Crippen molar-refractivity contribution in [2.45, 2.75) is 0 Å². The molecule has 0 heterocycles. The number of hydrogen-bond acceptors (Lipinski definition) is 3. The van der Waals surface area contributed by atoms with Crippen LogP contribution < -0.4 is 0 Å². The van der Waals surface area contributed by atoms with Crippen molar-refractivity contribution in [3.8, 4) is 0 Å². The minimum atomic E-state index is 0. The summed E-state index contributed by atoms with van der Waals surface area (Å²) in [4.78, 5) is 0. The first kappa shape index (κ1) is 11.9. The fourth-order valence-electron chi connectivity index (χ4n) is 0.231. The smallest absolute Gasteiger partial charge is 0.0698 e. The maximum Gasteiger partial charge on any atom is 0.0698 e. The van der Waals surface area contributed by atoms with Gasteiger partial charge in [-0.2, -0.15) is 0 Å². The van der Waals surface area contributed by atoms with E-state index in [9.17, 15) is 0 Å². The molecule has 0 spiro atoms. The van der Waals surface area contributed by atoms with Gasteiger partial charge in [-0.3, -0.25) is 0 Å². The standard InChI is InChI=1S/C4H10O3.Ar/c5-1-3-7-4-2-6;/h5-6H,1-4H2;. The Labute approximate surface area is 78.7 Å². The van der Waals surface area contributed by atoms with E-state index in [0.29, 0.717) is 13.2 Å². The summed E-state index contributed by atoms with van der Waals surface area (Å²) in [6.07, 6.45) is 0. The quantitative estimate of drug-likeness (QED) is 0.499. The van der Waals surface area contributed by atoms with Gasteiger partial charge in [0.15, 0.2) is 0 Å². The Balaban J connectivity index is 0. The van der Waals surface area contributed by atoms with Crippen molar-refractivity contribution in [3.05, 3.63) is 0 Å². The van der Waals surface area contributed by atoms with E-state index in [2.05, 4.69) is 4.74 Å². The molecule has 0 atom stereocenters. The molecule has 0 rings (SSSR count). The van der Waals surface area contributed by atoms with E-state index in [1.807, 2.05) is 0 Å². The summed E-state index contributed by atoms with van der Waals surface area (Å²) in [6, 6.07) is 0. The first-order valence-corrected chi connectivity index (χ1v) is 2.21. The molecule has 0 unspecified atom stereocenters. The molecule has 0 radical (unpaired) electrons. The zero-order valence-corrected chi connectivity index (χ0v) is 5.19. The summed E-state index contributed by atoms with van der Waals surface area (Å²) in [6.45, 7) is 0.696. The number of aliphatic hydroxyl groups is 2. The molecule has 4 heteroatoms. The van der Waals surface area contributed by atoms with Gasteiger partial charge in [0.1, 0.15) is 0 Å². The molecule has 0 aliphatic carbocycles. The Morgan fingerprint density at radius 2 is 1.38 bits per heavy atom. The SMILES string of the molecule is OCCOCCO.[Ar]. The summed E-state index contributed by atoms with van der Waals surface area (Å²) in [5.74, 6) is 0. The van der Waals surface area contributed by atoms with Gasteiger partial charge in [-0.15, -0.1) is 0 Å². The van der Waals surface area contributed by atoms with Crippen LogP contribution in [0.15, 0.2) is 0 Å². The third kappa shape index (κ3) is 10.2. The van der Waals surface area contributed by atoms with Crippen molar-refractivity contribution in [2.24, 2.45) is 0 Å². The number of rotatable bonds is 4. The van der Waals surface area contributed by atoms with Gasteiger partial charge in [0.05, 0.1) is 26.4 Å². The Morgan fingerprint density at radius 1 is 1.00 bits per heavy atom. The molecule has 0 fully saturated rings. The van der Waals surface area contributed by atoms with Crippen LogP contribution in [0.5, 0.6) is 0 Å². The van der Waals surface area contributed by atoms with Gasteiger partial charge in [-0.1, -0.05) is 0 Å². The van der Waals surface area contributed by atoms with Crippen LogP contribution in [0.25, 0.3) is 0 Å². The van der Waals surface area contributed by atoms with Crippen molar-refractivity contribution in [2.75, 3.05) is 26.4 Å². The van der Waals surface area contributed by atoms with Crippen molar-refractivity contribution < 1.29 is 52.7 Å². The zero-order valence-electron chi connectivity index (χ0n) is 4.48. The molecular formula is C4H10ArO3. The second-order valence-corrected chi connectivity index (χ2v) is 1.06. The van der Waals surface area contributed by atoms with Gasteiger partial charge >= 0.3 is 0 Å². The molecule has 52 valence electrons. The second-order valence-electron chi connectivity index (χ2n) is 1.06. The number of ether oxygens (including phenoxy) is 1.